The van der Waals surface area contributed by atoms with Crippen molar-refractivity contribution >= 4 is 22.6 Å². The van der Waals surface area contributed by atoms with E-state index in [2.05, 4.69) is 33.4 Å². The number of aromatic nitrogens is 1. The van der Waals surface area contributed by atoms with E-state index in [1.807, 2.05) is 47.5 Å². The molecule has 1 aliphatic heterocycles. The van der Waals surface area contributed by atoms with Crippen LogP contribution in [0.3, 0.4) is 0 Å². The zero-order chi connectivity index (χ0) is 20.8. The number of pyridine rings is 1. The number of hydrogen-bond acceptors (Lipinski definition) is 4. The fraction of sp³-hybridized carbons (Fsp3) is 0.333. The third-order valence-electron chi connectivity index (χ3n) is 5.57. The maximum Gasteiger partial charge on any atom is 0.321 e. The van der Waals surface area contributed by atoms with Crippen molar-refractivity contribution in [2.45, 2.75) is 12.8 Å². The molecule has 0 spiro atoms. The summed E-state index contributed by atoms with van der Waals surface area (Å²) in [5.74, 6) is 0.735. The normalized spacial score (nSPS) is 14.6. The number of carbonyl (C=O) groups excluding carboxylic acids is 1. The van der Waals surface area contributed by atoms with Crippen LogP contribution in [-0.2, 0) is 6.42 Å². The number of piperazine rings is 1. The van der Waals surface area contributed by atoms with Crippen LogP contribution in [0.15, 0.2) is 60.8 Å². The molecule has 0 unspecified atom stereocenters. The van der Waals surface area contributed by atoms with E-state index in [1.165, 1.54) is 10.9 Å². The standard InChI is InChI=1S/C24H28N4O2/c1-30-22-9-4-8-21(17-22)26-24(29)28-14-12-27(13-15-28)11-5-6-19-16-20-7-2-3-10-23(20)25-18-19/h2-4,7-10,16-18H,5-6,11-15H2,1H3,(H,26,29). The molecule has 1 aliphatic rings. The van der Waals surface area contributed by atoms with Crippen LogP contribution >= 0.6 is 0 Å². The van der Waals surface area contributed by atoms with Crippen molar-refractivity contribution in [3.63, 3.8) is 0 Å². The van der Waals surface area contributed by atoms with E-state index >= 15 is 0 Å². The van der Waals surface area contributed by atoms with Crippen molar-refractivity contribution in [1.29, 1.82) is 0 Å². The van der Waals surface area contributed by atoms with Gasteiger partial charge in [-0.2, -0.15) is 0 Å². The van der Waals surface area contributed by atoms with Gasteiger partial charge in [-0.05, 0) is 49.2 Å². The molecule has 0 saturated carbocycles. The number of aryl methyl sites for hydroxylation is 1. The number of fused-ring (bicyclic) bond motifs is 1. The molecule has 0 bridgehead atoms. The molecule has 4 rings (SSSR count). The number of ether oxygens (including phenoxy) is 1. The Kier molecular flexibility index (Phi) is 6.44. The summed E-state index contributed by atoms with van der Waals surface area (Å²) < 4.78 is 5.21. The van der Waals surface area contributed by atoms with Crippen LogP contribution in [0.4, 0.5) is 10.5 Å². The van der Waals surface area contributed by atoms with Crippen molar-refractivity contribution in [3.05, 3.63) is 66.4 Å². The summed E-state index contributed by atoms with van der Waals surface area (Å²) in [6.07, 6.45) is 4.10. The van der Waals surface area contributed by atoms with Crippen LogP contribution < -0.4 is 10.1 Å². The van der Waals surface area contributed by atoms with Gasteiger partial charge in [-0.1, -0.05) is 24.3 Å². The average molecular weight is 405 g/mol. The van der Waals surface area contributed by atoms with Gasteiger partial charge >= 0.3 is 6.03 Å². The molecule has 2 amide bonds. The molecule has 30 heavy (non-hydrogen) atoms. The number of para-hydroxylation sites is 1. The van der Waals surface area contributed by atoms with Gasteiger partial charge in [0.05, 0.1) is 12.6 Å². The fourth-order valence-corrected chi connectivity index (χ4v) is 3.84. The molecule has 1 aromatic heterocycles. The second-order valence-electron chi connectivity index (χ2n) is 7.63. The predicted molar refractivity (Wildman–Crippen MR) is 120 cm³/mol. The summed E-state index contributed by atoms with van der Waals surface area (Å²) in [4.78, 5) is 21.4. The quantitative estimate of drug-likeness (QED) is 0.674. The number of amides is 2. The first kappa shape index (κ1) is 20.2. The minimum absolute atomic E-state index is 0.0508. The van der Waals surface area contributed by atoms with Gasteiger partial charge in [-0.15, -0.1) is 0 Å². The molecule has 1 fully saturated rings. The first-order valence-electron chi connectivity index (χ1n) is 10.5. The topological polar surface area (TPSA) is 57.7 Å². The maximum absolute atomic E-state index is 12.5. The van der Waals surface area contributed by atoms with Crippen molar-refractivity contribution < 1.29 is 9.53 Å². The highest BCUT2D eigenvalue weighted by Gasteiger charge is 2.20. The lowest BCUT2D eigenvalue weighted by atomic mass is 10.1. The number of carbonyl (C=O) groups is 1. The molecular formula is C24H28N4O2. The number of nitrogens with one attached hydrogen (secondary N) is 1. The molecule has 6 heteroatoms. The predicted octanol–water partition coefficient (Wildman–Crippen LogP) is 4.03. The number of urea groups is 1. The monoisotopic (exact) mass is 404 g/mol. The first-order chi connectivity index (χ1) is 14.7. The van der Waals surface area contributed by atoms with Gasteiger partial charge in [0.1, 0.15) is 5.75 Å². The smallest absolute Gasteiger partial charge is 0.321 e. The summed E-state index contributed by atoms with van der Waals surface area (Å²) in [5.41, 5.74) is 3.08. The lowest BCUT2D eigenvalue weighted by Gasteiger charge is -2.34. The Morgan fingerprint density at radius 3 is 2.73 bits per heavy atom. The largest absolute Gasteiger partial charge is 0.497 e. The van der Waals surface area contributed by atoms with Gasteiger partial charge in [0.25, 0.3) is 0 Å². The van der Waals surface area contributed by atoms with Crippen molar-refractivity contribution in [3.8, 4) is 5.75 Å². The first-order valence-corrected chi connectivity index (χ1v) is 10.5. The Hall–Kier alpha value is -3.12. The molecule has 0 atom stereocenters. The van der Waals surface area contributed by atoms with Crippen LogP contribution in [-0.4, -0.2) is 60.6 Å². The average Bonchev–Trinajstić information content (AvgIpc) is 2.79. The lowest BCUT2D eigenvalue weighted by molar-refractivity contribution is 0.146. The van der Waals surface area contributed by atoms with Gasteiger partial charge < -0.3 is 15.0 Å². The molecule has 1 saturated heterocycles. The van der Waals surface area contributed by atoms with Crippen LogP contribution in [0.2, 0.25) is 0 Å². The second kappa shape index (κ2) is 9.59. The Morgan fingerprint density at radius 2 is 1.90 bits per heavy atom. The molecular weight excluding hydrogens is 376 g/mol. The van der Waals surface area contributed by atoms with Gasteiger partial charge in [0.15, 0.2) is 0 Å². The SMILES string of the molecule is COc1cccc(NC(=O)N2CCN(CCCc3cnc4ccccc4c3)CC2)c1. The number of methoxy groups -OCH3 is 1. The van der Waals surface area contributed by atoms with E-state index in [-0.39, 0.29) is 6.03 Å². The highest BCUT2D eigenvalue weighted by atomic mass is 16.5. The second-order valence-corrected chi connectivity index (χ2v) is 7.63. The summed E-state index contributed by atoms with van der Waals surface area (Å²) in [6, 6.07) is 17.9. The maximum atomic E-state index is 12.5. The van der Waals surface area contributed by atoms with Gasteiger partial charge in [0.2, 0.25) is 0 Å². The number of nitrogens with zero attached hydrogens (tertiary/aromatic N) is 3. The van der Waals surface area contributed by atoms with Crippen molar-refractivity contribution in [1.82, 2.24) is 14.8 Å². The van der Waals surface area contributed by atoms with E-state index in [9.17, 15) is 4.79 Å². The minimum Gasteiger partial charge on any atom is -0.497 e. The zero-order valence-electron chi connectivity index (χ0n) is 17.4. The highest BCUT2D eigenvalue weighted by molar-refractivity contribution is 5.89. The number of rotatable bonds is 6. The van der Waals surface area contributed by atoms with Crippen molar-refractivity contribution in [2.24, 2.45) is 0 Å². The molecule has 0 radical (unpaired) electrons. The Bertz CT molecular complexity index is 999. The number of benzene rings is 2. The third kappa shape index (κ3) is 5.07. The van der Waals surface area contributed by atoms with Crippen LogP contribution in [0.1, 0.15) is 12.0 Å². The van der Waals surface area contributed by atoms with Crippen LogP contribution in [0, 0.1) is 0 Å². The molecule has 0 aliphatic carbocycles. The summed E-state index contributed by atoms with van der Waals surface area (Å²) in [5, 5.41) is 4.16. The summed E-state index contributed by atoms with van der Waals surface area (Å²) >= 11 is 0. The number of anilines is 1. The lowest BCUT2D eigenvalue weighted by Crippen LogP contribution is -2.50. The van der Waals surface area contributed by atoms with Gasteiger partial charge in [-0.25, -0.2) is 4.79 Å². The Labute approximate surface area is 177 Å². The Morgan fingerprint density at radius 1 is 1.07 bits per heavy atom. The van der Waals surface area contributed by atoms with E-state index in [0.717, 1.165) is 62.5 Å². The van der Waals surface area contributed by atoms with Crippen molar-refractivity contribution in [2.75, 3.05) is 45.2 Å². The molecule has 156 valence electrons. The number of hydrogen-bond donors (Lipinski definition) is 1. The van der Waals surface area contributed by atoms with E-state index in [0.29, 0.717) is 0 Å². The fourth-order valence-electron chi connectivity index (χ4n) is 3.84. The van der Waals surface area contributed by atoms with E-state index in [4.69, 9.17) is 4.74 Å². The summed E-state index contributed by atoms with van der Waals surface area (Å²) in [6.45, 7) is 4.34. The molecule has 2 heterocycles. The highest BCUT2D eigenvalue weighted by Crippen LogP contribution is 2.18. The molecule has 3 aromatic rings. The Balaban J connectivity index is 1.20. The molecule has 6 nitrogen and oxygen atoms in total. The van der Waals surface area contributed by atoms with Gasteiger partial charge in [-0.3, -0.25) is 9.88 Å². The van der Waals surface area contributed by atoms with E-state index in [1.54, 1.807) is 7.11 Å². The van der Waals surface area contributed by atoms with E-state index < -0.39 is 0 Å². The third-order valence-corrected chi connectivity index (χ3v) is 5.57. The molecule has 1 N–H and O–H groups in total. The molecule has 2 aromatic carbocycles. The van der Waals surface area contributed by atoms with Crippen LogP contribution in [0.5, 0.6) is 5.75 Å². The zero-order valence-corrected chi connectivity index (χ0v) is 17.4. The summed E-state index contributed by atoms with van der Waals surface area (Å²) in [7, 11) is 1.62. The van der Waals surface area contributed by atoms with Crippen LogP contribution in [0.25, 0.3) is 10.9 Å². The van der Waals surface area contributed by atoms with Gasteiger partial charge in [0, 0.05) is 49.5 Å². The minimum atomic E-state index is -0.0508.